The molecular weight excluding hydrogens is 178 g/mol. The quantitative estimate of drug-likeness (QED) is 0.788. The van der Waals surface area contributed by atoms with Crippen molar-refractivity contribution in [3.8, 4) is 11.5 Å². The number of aromatic nitrogens is 2. The second-order valence-corrected chi connectivity index (χ2v) is 2.91. The third-order valence-electron chi connectivity index (χ3n) is 1.88. The number of hydrogen-bond donors (Lipinski definition) is 1. The molecule has 2 rings (SSSR count). The molecule has 0 unspecified atom stereocenters. The molecule has 0 radical (unpaired) electrons. The van der Waals surface area contributed by atoms with Gasteiger partial charge >= 0.3 is 0 Å². The fourth-order valence-corrected chi connectivity index (χ4v) is 1.18. The molecule has 14 heavy (non-hydrogen) atoms. The van der Waals surface area contributed by atoms with Crippen LogP contribution in [0.25, 0.3) is 11.5 Å². The fourth-order valence-electron chi connectivity index (χ4n) is 1.18. The van der Waals surface area contributed by atoms with Crippen molar-refractivity contribution in [2.45, 2.75) is 6.42 Å². The standard InChI is InChI=1S/C10H11N3O/c11-4-3-8-6-13-9(7-12-8)10-2-1-5-14-10/h1-2,5-7H,3-4,11H2. The molecule has 0 amide bonds. The lowest BCUT2D eigenvalue weighted by molar-refractivity contribution is 0.579. The molecule has 2 N–H and O–H groups in total. The van der Waals surface area contributed by atoms with E-state index in [0.29, 0.717) is 6.54 Å². The summed E-state index contributed by atoms with van der Waals surface area (Å²) in [7, 11) is 0. The summed E-state index contributed by atoms with van der Waals surface area (Å²) in [5.41, 5.74) is 7.06. The average Bonchev–Trinajstić information content (AvgIpc) is 2.72. The van der Waals surface area contributed by atoms with Crippen molar-refractivity contribution in [1.29, 1.82) is 0 Å². The third kappa shape index (κ3) is 1.80. The maximum Gasteiger partial charge on any atom is 0.153 e. The first-order chi connectivity index (χ1) is 6.90. The van der Waals surface area contributed by atoms with Gasteiger partial charge in [0.2, 0.25) is 0 Å². The van der Waals surface area contributed by atoms with Crippen LogP contribution in [0.4, 0.5) is 0 Å². The minimum Gasteiger partial charge on any atom is -0.463 e. The van der Waals surface area contributed by atoms with E-state index in [1.54, 1.807) is 18.7 Å². The Morgan fingerprint density at radius 1 is 1.29 bits per heavy atom. The zero-order chi connectivity index (χ0) is 9.80. The third-order valence-corrected chi connectivity index (χ3v) is 1.88. The zero-order valence-electron chi connectivity index (χ0n) is 7.68. The van der Waals surface area contributed by atoms with Gasteiger partial charge < -0.3 is 10.2 Å². The van der Waals surface area contributed by atoms with Crippen LogP contribution >= 0.6 is 0 Å². The van der Waals surface area contributed by atoms with Crippen LogP contribution in [-0.2, 0) is 6.42 Å². The molecule has 0 aliphatic heterocycles. The first-order valence-electron chi connectivity index (χ1n) is 4.45. The Bertz CT molecular complexity index is 380. The molecule has 72 valence electrons. The Morgan fingerprint density at radius 2 is 2.21 bits per heavy atom. The van der Waals surface area contributed by atoms with Crippen LogP contribution in [0.1, 0.15) is 5.69 Å². The van der Waals surface area contributed by atoms with Crippen molar-refractivity contribution in [2.75, 3.05) is 6.54 Å². The van der Waals surface area contributed by atoms with Crippen molar-refractivity contribution in [1.82, 2.24) is 9.97 Å². The van der Waals surface area contributed by atoms with Crippen molar-refractivity contribution in [3.05, 3.63) is 36.5 Å². The van der Waals surface area contributed by atoms with E-state index in [9.17, 15) is 0 Å². The normalized spacial score (nSPS) is 10.4. The average molecular weight is 189 g/mol. The van der Waals surface area contributed by atoms with Crippen LogP contribution in [0, 0.1) is 0 Å². The molecule has 0 aliphatic carbocycles. The van der Waals surface area contributed by atoms with Crippen LogP contribution in [-0.4, -0.2) is 16.5 Å². The fraction of sp³-hybridized carbons (Fsp3) is 0.200. The number of hydrogen-bond acceptors (Lipinski definition) is 4. The van der Waals surface area contributed by atoms with Crippen molar-refractivity contribution < 1.29 is 4.42 Å². The van der Waals surface area contributed by atoms with Gasteiger partial charge in [-0.05, 0) is 18.7 Å². The summed E-state index contributed by atoms with van der Waals surface area (Å²) in [4.78, 5) is 8.45. The Kier molecular flexibility index (Phi) is 2.55. The highest BCUT2D eigenvalue weighted by molar-refractivity contribution is 5.49. The molecule has 4 heteroatoms. The van der Waals surface area contributed by atoms with Gasteiger partial charge in [0, 0.05) is 12.6 Å². The highest BCUT2D eigenvalue weighted by atomic mass is 16.3. The van der Waals surface area contributed by atoms with Crippen LogP contribution in [0.3, 0.4) is 0 Å². The maximum absolute atomic E-state index is 5.41. The lowest BCUT2D eigenvalue weighted by Crippen LogP contribution is -2.04. The first-order valence-corrected chi connectivity index (χ1v) is 4.45. The number of furan rings is 1. The van der Waals surface area contributed by atoms with Crippen molar-refractivity contribution in [2.24, 2.45) is 5.73 Å². The van der Waals surface area contributed by atoms with Crippen LogP contribution in [0.15, 0.2) is 35.2 Å². The Hall–Kier alpha value is -1.68. The van der Waals surface area contributed by atoms with Gasteiger partial charge in [0.05, 0.1) is 18.2 Å². The molecule has 0 saturated carbocycles. The summed E-state index contributed by atoms with van der Waals surface area (Å²) in [5.74, 6) is 0.733. The highest BCUT2D eigenvalue weighted by Crippen LogP contribution is 2.15. The van der Waals surface area contributed by atoms with Crippen molar-refractivity contribution in [3.63, 3.8) is 0 Å². The molecule has 0 fully saturated rings. The highest BCUT2D eigenvalue weighted by Gasteiger charge is 2.02. The van der Waals surface area contributed by atoms with E-state index in [1.165, 1.54) is 0 Å². The van der Waals surface area contributed by atoms with Gasteiger partial charge in [0.15, 0.2) is 5.76 Å². The topological polar surface area (TPSA) is 64.9 Å². The second-order valence-electron chi connectivity index (χ2n) is 2.91. The molecule has 0 bridgehead atoms. The molecule has 2 aromatic heterocycles. The minimum atomic E-state index is 0.592. The van der Waals surface area contributed by atoms with Gasteiger partial charge in [-0.2, -0.15) is 0 Å². The maximum atomic E-state index is 5.41. The number of rotatable bonds is 3. The van der Waals surface area contributed by atoms with E-state index in [4.69, 9.17) is 10.2 Å². The largest absolute Gasteiger partial charge is 0.463 e. The van der Waals surface area contributed by atoms with Crippen molar-refractivity contribution >= 4 is 0 Å². The smallest absolute Gasteiger partial charge is 0.153 e. The molecule has 0 aromatic carbocycles. The van der Waals surface area contributed by atoms with Crippen LogP contribution in [0.5, 0.6) is 0 Å². The molecule has 2 heterocycles. The van der Waals surface area contributed by atoms with E-state index >= 15 is 0 Å². The summed E-state index contributed by atoms with van der Waals surface area (Å²) >= 11 is 0. The van der Waals surface area contributed by atoms with Gasteiger partial charge in [-0.15, -0.1) is 0 Å². The monoisotopic (exact) mass is 189 g/mol. The first kappa shape index (κ1) is 8.90. The van der Waals surface area contributed by atoms with E-state index in [2.05, 4.69) is 9.97 Å². The molecule has 0 saturated heterocycles. The van der Waals surface area contributed by atoms with Gasteiger partial charge in [-0.3, -0.25) is 4.98 Å². The predicted molar refractivity (Wildman–Crippen MR) is 52.5 cm³/mol. The lowest BCUT2D eigenvalue weighted by Gasteiger charge is -1.98. The molecule has 4 nitrogen and oxygen atoms in total. The Balaban J connectivity index is 2.22. The number of nitrogens with two attached hydrogens (primary N) is 1. The molecule has 2 aromatic rings. The van der Waals surface area contributed by atoms with Crippen LogP contribution < -0.4 is 5.73 Å². The summed E-state index contributed by atoms with van der Waals surface area (Å²) in [5, 5.41) is 0. The van der Waals surface area contributed by atoms with Gasteiger partial charge in [-0.25, -0.2) is 4.98 Å². The molecule has 0 spiro atoms. The van der Waals surface area contributed by atoms with E-state index in [0.717, 1.165) is 23.6 Å². The van der Waals surface area contributed by atoms with Crippen LogP contribution in [0.2, 0.25) is 0 Å². The summed E-state index contributed by atoms with van der Waals surface area (Å²) in [6.07, 6.45) is 5.80. The van der Waals surface area contributed by atoms with Gasteiger partial charge in [0.1, 0.15) is 5.69 Å². The zero-order valence-corrected chi connectivity index (χ0v) is 7.68. The lowest BCUT2D eigenvalue weighted by atomic mass is 10.3. The van der Waals surface area contributed by atoms with Gasteiger partial charge in [-0.1, -0.05) is 0 Å². The molecule has 0 atom stereocenters. The minimum absolute atomic E-state index is 0.592. The predicted octanol–water partition coefficient (Wildman–Crippen LogP) is 1.24. The Labute approximate surface area is 81.8 Å². The summed E-state index contributed by atoms with van der Waals surface area (Å²) in [6.45, 7) is 0.592. The second kappa shape index (κ2) is 4.02. The van der Waals surface area contributed by atoms with Gasteiger partial charge in [0.25, 0.3) is 0 Å². The van der Waals surface area contributed by atoms with E-state index in [-0.39, 0.29) is 0 Å². The molecular formula is C10H11N3O. The molecule has 0 aliphatic rings. The van der Waals surface area contributed by atoms with E-state index < -0.39 is 0 Å². The summed E-state index contributed by atoms with van der Waals surface area (Å²) in [6, 6.07) is 3.68. The summed E-state index contributed by atoms with van der Waals surface area (Å²) < 4.78 is 5.19. The van der Waals surface area contributed by atoms with E-state index in [1.807, 2.05) is 12.1 Å². The Morgan fingerprint density at radius 3 is 2.79 bits per heavy atom. The SMILES string of the molecule is NCCc1cnc(-c2ccco2)cn1. The number of nitrogens with zero attached hydrogens (tertiary/aromatic N) is 2.